The van der Waals surface area contributed by atoms with Gasteiger partial charge in [-0.3, -0.25) is 0 Å². The molecule has 0 saturated carbocycles. The molecule has 34 heavy (non-hydrogen) atoms. The Morgan fingerprint density at radius 3 is 2.00 bits per heavy atom. The lowest BCUT2D eigenvalue weighted by atomic mass is 10.00. The average molecular weight is 493 g/mol. The third-order valence-electron chi connectivity index (χ3n) is 5.67. The lowest BCUT2D eigenvalue weighted by Crippen LogP contribution is -2.67. The van der Waals surface area contributed by atoms with Gasteiger partial charge in [0.2, 0.25) is 0 Å². The number of imide groups is 1. The van der Waals surface area contributed by atoms with Gasteiger partial charge in [-0.15, -0.1) is 0 Å². The van der Waals surface area contributed by atoms with E-state index in [1.165, 1.54) is 6.92 Å². The number of hydrogen-bond donors (Lipinski definition) is 0. The van der Waals surface area contributed by atoms with Crippen LogP contribution in [0.5, 0.6) is 0 Å². The Morgan fingerprint density at radius 2 is 1.56 bits per heavy atom. The van der Waals surface area contributed by atoms with Gasteiger partial charge in [0.15, 0.2) is 0 Å². The normalized spacial score (nSPS) is 22.5. The Labute approximate surface area is 188 Å². The van der Waals surface area contributed by atoms with Crippen LogP contribution in [0.4, 0.5) is 41.2 Å². The minimum Gasteiger partial charge on any atom is -0.498 e. The lowest BCUT2D eigenvalue weighted by molar-refractivity contribution is -0.264. The van der Waals surface area contributed by atoms with Crippen molar-refractivity contribution in [3.05, 3.63) is 65.0 Å². The van der Waals surface area contributed by atoms with Gasteiger partial charge in [-0.25, -0.2) is 9.18 Å². The fourth-order valence-corrected chi connectivity index (χ4v) is 3.88. The van der Waals surface area contributed by atoms with Crippen LogP contribution in [-0.4, -0.2) is 24.6 Å². The molecule has 2 aromatic rings. The molecule has 1 unspecified atom stereocenters. The summed E-state index contributed by atoms with van der Waals surface area (Å²) in [7, 11) is 0. The lowest BCUT2D eigenvalue weighted by Gasteiger charge is -2.40. The summed E-state index contributed by atoms with van der Waals surface area (Å²) in [5.41, 5.74) is -3.46. The molecule has 1 aliphatic rings. The van der Waals surface area contributed by atoms with E-state index in [0.29, 0.717) is 12.1 Å². The van der Waals surface area contributed by atoms with Gasteiger partial charge in [0, 0.05) is 18.6 Å². The Balaban J connectivity index is 1.84. The molecule has 184 valence electrons. The molecule has 1 heterocycles. The molecule has 12 heteroatoms. The number of carboxylic acid groups (broad SMARTS) is 1. The Morgan fingerprint density at radius 1 is 1.03 bits per heavy atom. The van der Waals surface area contributed by atoms with E-state index in [4.69, 9.17) is 4.74 Å². The summed E-state index contributed by atoms with van der Waals surface area (Å²) in [4.78, 5) is 24.7. The monoisotopic (exact) mass is 493 g/mol. The molecule has 0 radical (unpaired) electrons. The van der Waals surface area contributed by atoms with Crippen molar-refractivity contribution in [3.63, 3.8) is 0 Å². The minimum absolute atomic E-state index is 0.00522. The fraction of sp³-hybridized carbons (Fsp3) is 0.364. The largest absolute Gasteiger partial charge is 0.498 e. The second-order valence-corrected chi connectivity index (χ2v) is 7.90. The highest BCUT2D eigenvalue weighted by molar-refractivity contribution is 6.05. The van der Waals surface area contributed by atoms with Gasteiger partial charge >= 0.3 is 18.3 Å². The molecule has 0 N–H and O–H groups in total. The van der Waals surface area contributed by atoms with E-state index < -0.39 is 70.0 Å². The maximum atomic E-state index is 13.2. The molecule has 2 amide bonds. The van der Waals surface area contributed by atoms with Gasteiger partial charge in [-0.2, -0.15) is 30.8 Å². The molecule has 1 fully saturated rings. The summed E-state index contributed by atoms with van der Waals surface area (Å²) >= 11 is 0. The van der Waals surface area contributed by atoms with Crippen LogP contribution in [0.15, 0.2) is 42.5 Å². The fourth-order valence-electron chi connectivity index (χ4n) is 3.88. The minimum atomic E-state index is -5.03. The van der Waals surface area contributed by atoms with E-state index in [1.54, 1.807) is 0 Å². The summed E-state index contributed by atoms with van der Waals surface area (Å²) in [6.45, 7) is 0.871. The second kappa shape index (κ2) is 8.99. The van der Waals surface area contributed by atoms with Crippen molar-refractivity contribution in [2.24, 2.45) is 0 Å². The number of benzene rings is 2. The molecule has 0 aliphatic carbocycles. The van der Waals surface area contributed by atoms with Crippen LogP contribution in [0.1, 0.15) is 42.6 Å². The highest BCUT2D eigenvalue weighted by atomic mass is 19.4. The summed E-state index contributed by atoms with van der Waals surface area (Å²) < 4.78 is 96.3. The molecule has 5 nitrogen and oxygen atoms in total. The Bertz CT molecular complexity index is 1050. The van der Waals surface area contributed by atoms with Crippen LogP contribution in [0.25, 0.3) is 0 Å². The number of nitrogens with zero attached hydrogens (tertiary/aromatic N) is 1. The van der Waals surface area contributed by atoms with Crippen LogP contribution in [0, 0.1) is 5.82 Å². The highest BCUT2D eigenvalue weighted by Crippen LogP contribution is 2.39. The first-order valence-corrected chi connectivity index (χ1v) is 9.98. The summed E-state index contributed by atoms with van der Waals surface area (Å²) in [6.07, 6.45) is -14.6. The van der Waals surface area contributed by atoms with Crippen LogP contribution < -0.4 is 9.59 Å². The Kier molecular flexibility index (Phi) is 6.78. The van der Waals surface area contributed by atoms with E-state index in [1.807, 2.05) is 0 Å². The molecule has 0 aromatic heterocycles. The number of halogens is 7. The van der Waals surface area contributed by atoms with Crippen molar-refractivity contribution >= 4 is 17.7 Å². The van der Waals surface area contributed by atoms with Crippen molar-refractivity contribution in [2.45, 2.75) is 44.3 Å². The molecule has 0 bridgehead atoms. The molecule has 1 saturated heterocycles. The number of carbonyl (C=O) groups is 2. The van der Waals surface area contributed by atoms with Crippen LogP contribution in [-0.2, 0) is 21.9 Å². The maximum Gasteiger partial charge on any atom is 0.416 e. The highest BCUT2D eigenvalue weighted by Gasteiger charge is 2.47. The number of hydrogen-bond acceptors (Lipinski definition) is 4. The van der Waals surface area contributed by atoms with Gasteiger partial charge in [-0.05, 0) is 42.8 Å². The quantitative estimate of drug-likeness (QED) is 0.445. The first-order chi connectivity index (χ1) is 15.6. The van der Waals surface area contributed by atoms with E-state index >= 15 is 0 Å². The predicted molar refractivity (Wildman–Crippen MR) is 102 cm³/mol. The molecule has 0 spiro atoms. The predicted octanol–water partition coefficient (Wildman–Crippen LogP) is 4.98. The van der Waals surface area contributed by atoms with Gasteiger partial charge in [-0.1, -0.05) is 0 Å². The van der Waals surface area contributed by atoms with Gasteiger partial charge in [0.25, 0.3) is 6.09 Å². The summed E-state index contributed by atoms with van der Waals surface area (Å²) in [6, 6.07) is 5.25. The van der Waals surface area contributed by atoms with Crippen LogP contribution in [0.3, 0.4) is 0 Å². The molecule has 3 atom stereocenters. The number of alkyl halides is 6. The standard InChI is InChI=1S/C22H18F7NO4/c1-12(13-8-14(21(24,25)26)10-15(9-13)22(27,28)29)34-18-6-7-30(20(32)33,19(31)11-18)17-4-2-16(23)3-5-17/h2-5,8-10,12,18H,6-7,11H2,1H3/t12-,18+,30?/m1/s1. The Hall–Kier alpha value is -2.99. The SMILES string of the molecule is C[C@@H](O[C@H]1CC[N+](C(=O)[O-])(c2ccc(F)cc2)C(=O)C1)c1cc(C(F)(F)F)cc(C(F)(F)F)c1. The van der Waals surface area contributed by atoms with Crippen LogP contribution >= 0.6 is 0 Å². The number of piperidine rings is 1. The van der Waals surface area contributed by atoms with E-state index in [-0.39, 0.29) is 24.7 Å². The van der Waals surface area contributed by atoms with Crippen LogP contribution in [0.2, 0.25) is 0 Å². The number of rotatable bonds is 4. The van der Waals surface area contributed by atoms with Crippen molar-refractivity contribution in [3.8, 4) is 0 Å². The second-order valence-electron chi connectivity index (χ2n) is 7.90. The third kappa shape index (κ3) is 5.07. The van der Waals surface area contributed by atoms with E-state index in [0.717, 1.165) is 24.3 Å². The first-order valence-electron chi connectivity index (χ1n) is 9.98. The molecule has 3 rings (SSSR count). The van der Waals surface area contributed by atoms with Gasteiger partial charge in [0.05, 0.1) is 36.3 Å². The van der Waals surface area contributed by atoms with E-state index in [9.17, 15) is 45.4 Å². The van der Waals surface area contributed by atoms with Crippen molar-refractivity contribution in [1.82, 2.24) is 4.48 Å². The van der Waals surface area contributed by atoms with Crippen molar-refractivity contribution in [1.29, 1.82) is 0 Å². The number of carbonyl (C=O) groups excluding carboxylic acids is 2. The molecular formula is C22H18F7NO4. The van der Waals surface area contributed by atoms with Crippen molar-refractivity contribution in [2.75, 3.05) is 6.54 Å². The zero-order valence-corrected chi connectivity index (χ0v) is 17.5. The third-order valence-corrected chi connectivity index (χ3v) is 5.67. The number of likely N-dealkylation sites (tertiary alicyclic amines) is 1. The van der Waals surface area contributed by atoms with Crippen molar-refractivity contribution < 1.29 is 50.2 Å². The van der Waals surface area contributed by atoms with E-state index in [2.05, 4.69) is 0 Å². The smallest absolute Gasteiger partial charge is 0.416 e. The maximum absolute atomic E-state index is 13.2. The zero-order valence-electron chi connectivity index (χ0n) is 17.5. The molecule has 1 aliphatic heterocycles. The summed E-state index contributed by atoms with van der Waals surface area (Å²) in [5.74, 6) is -1.53. The topological polar surface area (TPSA) is 66.4 Å². The first kappa shape index (κ1) is 25.6. The number of ether oxygens (including phenoxy) is 1. The number of quaternary nitrogens is 1. The number of amides is 2. The molecular weight excluding hydrogens is 475 g/mol. The zero-order chi connectivity index (χ0) is 25.5. The van der Waals surface area contributed by atoms with Gasteiger partial charge < -0.3 is 14.6 Å². The summed E-state index contributed by atoms with van der Waals surface area (Å²) in [5, 5.41) is 11.9. The average Bonchev–Trinajstić information content (AvgIpc) is 2.73. The molecule has 2 aromatic carbocycles. The van der Waals surface area contributed by atoms with Gasteiger partial charge in [0.1, 0.15) is 11.5 Å².